The fourth-order valence-electron chi connectivity index (χ4n) is 5.39. The third kappa shape index (κ3) is 8.57. The van der Waals surface area contributed by atoms with Gasteiger partial charge in [0.1, 0.15) is 12.0 Å². The van der Waals surface area contributed by atoms with Crippen LogP contribution in [0, 0.1) is 17.8 Å². The number of anilines is 1. The second-order valence-corrected chi connectivity index (χ2v) is 11.2. The van der Waals surface area contributed by atoms with Gasteiger partial charge in [0.2, 0.25) is 0 Å². The van der Waals surface area contributed by atoms with E-state index in [0.29, 0.717) is 12.0 Å². The van der Waals surface area contributed by atoms with E-state index in [4.69, 9.17) is 10.5 Å². The van der Waals surface area contributed by atoms with E-state index >= 15 is 0 Å². The van der Waals surface area contributed by atoms with Crippen molar-refractivity contribution >= 4 is 12.0 Å². The molecular weight excluding hydrogens is 422 g/mol. The van der Waals surface area contributed by atoms with E-state index in [2.05, 4.69) is 54.8 Å². The van der Waals surface area contributed by atoms with Gasteiger partial charge in [0.05, 0.1) is 12.6 Å². The van der Waals surface area contributed by atoms with Crippen LogP contribution in [0.4, 0.5) is 5.69 Å². The van der Waals surface area contributed by atoms with Gasteiger partial charge in [-0.2, -0.15) is 0 Å². The summed E-state index contributed by atoms with van der Waals surface area (Å²) in [5.74, 6) is 2.69. The van der Waals surface area contributed by atoms with Crippen LogP contribution >= 0.6 is 0 Å². The lowest BCUT2D eigenvalue weighted by molar-refractivity contribution is -0.109. The van der Waals surface area contributed by atoms with Crippen molar-refractivity contribution in [2.75, 3.05) is 37.7 Å². The summed E-state index contributed by atoms with van der Waals surface area (Å²) in [6.07, 6.45) is 12.2. The van der Waals surface area contributed by atoms with Crippen molar-refractivity contribution < 1.29 is 9.53 Å². The van der Waals surface area contributed by atoms with Gasteiger partial charge in [-0.1, -0.05) is 40.0 Å². The largest absolute Gasteiger partial charge is 0.493 e. The van der Waals surface area contributed by atoms with E-state index in [9.17, 15) is 4.79 Å². The summed E-state index contributed by atoms with van der Waals surface area (Å²) in [5.41, 5.74) is 7.21. The zero-order valence-electron chi connectivity index (χ0n) is 22.0. The van der Waals surface area contributed by atoms with Crippen molar-refractivity contribution in [2.45, 2.75) is 90.6 Å². The summed E-state index contributed by atoms with van der Waals surface area (Å²) >= 11 is 0. The van der Waals surface area contributed by atoms with E-state index in [1.807, 2.05) is 0 Å². The summed E-state index contributed by atoms with van der Waals surface area (Å²) < 4.78 is 6.15. The Labute approximate surface area is 208 Å². The first-order valence-corrected chi connectivity index (χ1v) is 13.9. The maximum atomic E-state index is 10.9. The molecule has 1 saturated heterocycles. The summed E-state index contributed by atoms with van der Waals surface area (Å²) in [7, 11) is 0. The second-order valence-electron chi connectivity index (χ2n) is 11.2. The molecule has 1 aliphatic carbocycles. The minimum Gasteiger partial charge on any atom is -0.493 e. The lowest BCUT2D eigenvalue weighted by Crippen LogP contribution is -2.46. The molecule has 0 spiro atoms. The molecule has 1 saturated carbocycles. The van der Waals surface area contributed by atoms with Gasteiger partial charge < -0.3 is 25.1 Å². The molecular formula is C29H49N3O2. The van der Waals surface area contributed by atoms with Crippen molar-refractivity contribution in [1.82, 2.24) is 4.90 Å². The van der Waals surface area contributed by atoms with E-state index in [1.54, 1.807) is 0 Å². The molecule has 1 aliphatic heterocycles. The molecule has 5 nitrogen and oxygen atoms in total. The van der Waals surface area contributed by atoms with Crippen LogP contribution in [-0.4, -0.2) is 56.1 Å². The zero-order valence-corrected chi connectivity index (χ0v) is 22.0. The summed E-state index contributed by atoms with van der Waals surface area (Å²) in [4.78, 5) is 16.1. The van der Waals surface area contributed by atoms with E-state index in [0.717, 1.165) is 57.2 Å². The normalized spacial score (nSPS) is 20.3. The topological polar surface area (TPSA) is 58.8 Å². The Hall–Kier alpha value is -1.59. The Morgan fingerprint density at radius 3 is 2.32 bits per heavy atom. The van der Waals surface area contributed by atoms with Crippen LogP contribution in [0.15, 0.2) is 24.3 Å². The quantitative estimate of drug-likeness (QED) is 0.384. The summed E-state index contributed by atoms with van der Waals surface area (Å²) in [5, 5.41) is 0. The van der Waals surface area contributed by atoms with Gasteiger partial charge in [0.15, 0.2) is 0 Å². The number of ether oxygens (including phenoxy) is 1. The third-order valence-electron chi connectivity index (χ3n) is 8.04. The number of nitrogens with zero attached hydrogens (tertiary/aromatic N) is 2. The Kier molecular flexibility index (Phi) is 11.2. The smallest absolute Gasteiger partial charge is 0.136 e. The van der Waals surface area contributed by atoms with Crippen LogP contribution in [0.3, 0.4) is 0 Å². The fraction of sp³-hybridized carbons (Fsp3) is 0.759. The van der Waals surface area contributed by atoms with Gasteiger partial charge in [0, 0.05) is 31.4 Å². The van der Waals surface area contributed by atoms with Crippen molar-refractivity contribution in [1.29, 1.82) is 0 Å². The molecule has 2 N–H and O–H groups in total. The number of hydrogen-bond donors (Lipinski definition) is 1. The number of hydrogen-bond acceptors (Lipinski definition) is 5. The maximum Gasteiger partial charge on any atom is 0.136 e. The predicted molar refractivity (Wildman–Crippen MR) is 143 cm³/mol. The molecule has 2 fully saturated rings. The molecule has 1 heterocycles. The Morgan fingerprint density at radius 2 is 1.71 bits per heavy atom. The highest BCUT2D eigenvalue weighted by atomic mass is 16.5. The van der Waals surface area contributed by atoms with E-state index in [-0.39, 0.29) is 12.0 Å². The molecule has 34 heavy (non-hydrogen) atoms. The molecule has 0 bridgehead atoms. The molecule has 0 aromatic heterocycles. The van der Waals surface area contributed by atoms with E-state index in [1.165, 1.54) is 57.1 Å². The van der Waals surface area contributed by atoms with Crippen LogP contribution in [0.1, 0.15) is 78.6 Å². The lowest BCUT2D eigenvalue weighted by Gasteiger charge is -2.40. The van der Waals surface area contributed by atoms with Gasteiger partial charge in [-0.3, -0.25) is 0 Å². The van der Waals surface area contributed by atoms with Crippen LogP contribution in [0.2, 0.25) is 0 Å². The molecule has 1 aromatic rings. The van der Waals surface area contributed by atoms with Gasteiger partial charge in [-0.05, 0) is 87.1 Å². The average Bonchev–Trinajstić information content (AvgIpc) is 2.87. The number of rotatable bonds is 13. The highest BCUT2D eigenvalue weighted by Crippen LogP contribution is 2.28. The standard InChI is InChI=1S/C29H49N3O2/c1-23(2)13-20-32(27-15-18-31(19-16-27)17-14-24(3)29(30)21-33)26-9-11-28(12-10-26)34-22-25-7-5-4-6-8-25/h9-12,21,23-25,27,29H,4-8,13-20,22,30H2,1-3H3. The lowest BCUT2D eigenvalue weighted by atomic mass is 9.90. The number of nitrogens with two attached hydrogens (primary N) is 1. The molecule has 1 aromatic carbocycles. The van der Waals surface area contributed by atoms with Crippen LogP contribution in [0.5, 0.6) is 5.75 Å². The Balaban J connectivity index is 1.52. The first-order valence-electron chi connectivity index (χ1n) is 13.9. The molecule has 0 amide bonds. The number of likely N-dealkylation sites (tertiary alicyclic amines) is 1. The highest BCUT2D eigenvalue weighted by Gasteiger charge is 2.25. The molecule has 2 unspecified atom stereocenters. The number of piperidine rings is 1. The molecule has 5 heteroatoms. The zero-order chi connectivity index (χ0) is 24.3. The van der Waals surface area contributed by atoms with Crippen molar-refractivity contribution in [3.8, 4) is 5.75 Å². The molecule has 0 radical (unpaired) electrons. The predicted octanol–water partition coefficient (Wildman–Crippen LogP) is 5.52. The van der Waals surface area contributed by atoms with Crippen molar-refractivity contribution in [3.05, 3.63) is 24.3 Å². The van der Waals surface area contributed by atoms with Crippen LogP contribution in [0.25, 0.3) is 0 Å². The molecule has 2 aliphatic rings. The highest BCUT2D eigenvalue weighted by molar-refractivity contribution is 5.57. The molecule has 192 valence electrons. The minimum atomic E-state index is -0.335. The van der Waals surface area contributed by atoms with Gasteiger partial charge in [0.25, 0.3) is 0 Å². The SMILES string of the molecule is CC(C)CCN(c1ccc(OCC2CCCCC2)cc1)C1CCN(CCC(C)C(N)C=O)CC1. The minimum absolute atomic E-state index is 0.247. The number of carbonyl (C=O) groups is 1. The number of aldehydes is 1. The Morgan fingerprint density at radius 1 is 1.03 bits per heavy atom. The first kappa shape index (κ1) is 27.0. The van der Waals surface area contributed by atoms with Crippen LogP contribution in [-0.2, 0) is 4.79 Å². The van der Waals surface area contributed by atoms with Gasteiger partial charge in [-0.25, -0.2) is 0 Å². The Bertz CT molecular complexity index is 694. The number of benzene rings is 1. The van der Waals surface area contributed by atoms with Crippen LogP contribution < -0.4 is 15.4 Å². The second kappa shape index (κ2) is 14.1. The maximum absolute atomic E-state index is 10.9. The average molecular weight is 472 g/mol. The first-order chi connectivity index (χ1) is 16.5. The van der Waals surface area contributed by atoms with Gasteiger partial charge >= 0.3 is 0 Å². The van der Waals surface area contributed by atoms with Crippen molar-refractivity contribution in [2.24, 2.45) is 23.5 Å². The molecule has 2 atom stereocenters. The summed E-state index contributed by atoms with van der Waals surface area (Å²) in [6.45, 7) is 12.0. The third-order valence-corrected chi connectivity index (χ3v) is 8.04. The fourth-order valence-corrected chi connectivity index (χ4v) is 5.39. The molecule has 3 rings (SSSR count). The monoisotopic (exact) mass is 471 g/mol. The summed E-state index contributed by atoms with van der Waals surface area (Å²) in [6, 6.07) is 9.13. The van der Waals surface area contributed by atoms with Gasteiger partial charge in [-0.15, -0.1) is 0 Å². The number of carbonyl (C=O) groups excluding carboxylic acids is 1. The van der Waals surface area contributed by atoms with Crippen molar-refractivity contribution in [3.63, 3.8) is 0 Å². The van der Waals surface area contributed by atoms with E-state index < -0.39 is 0 Å².